The summed E-state index contributed by atoms with van der Waals surface area (Å²) in [6.07, 6.45) is 1.18. The van der Waals surface area contributed by atoms with E-state index in [9.17, 15) is 9.59 Å². The van der Waals surface area contributed by atoms with Gasteiger partial charge in [0.25, 0.3) is 0 Å². The molecule has 0 bridgehead atoms. The van der Waals surface area contributed by atoms with Gasteiger partial charge in [0.1, 0.15) is 0 Å². The summed E-state index contributed by atoms with van der Waals surface area (Å²) in [7, 11) is 0. The zero-order chi connectivity index (χ0) is 17.0. The van der Waals surface area contributed by atoms with Gasteiger partial charge in [0.15, 0.2) is 0 Å². The number of rotatable bonds is 5. The number of hydrogen-bond acceptors (Lipinski definition) is 3. The number of carbonyl (C=O) groups is 2. The fourth-order valence-electron chi connectivity index (χ4n) is 3.15. The van der Waals surface area contributed by atoms with Crippen molar-refractivity contribution in [1.29, 1.82) is 0 Å². The molecule has 0 radical (unpaired) electrons. The molecule has 1 saturated heterocycles. The predicted octanol–water partition coefficient (Wildman–Crippen LogP) is 2.10. The number of nitrogens with zero attached hydrogens (tertiary/aromatic N) is 1. The highest BCUT2D eigenvalue weighted by Gasteiger charge is 2.32. The van der Waals surface area contributed by atoms with E-state index in [0.717, 1.165) is 12.0 Å². The molecule has 1 aliphatic rings. The Balaban J connectivity index is 2.09. The molecular weight excluding hydrogens is 314 g/mol. The van der Waals surface area contributed by atoms with Gasteiger partial charge in [0, 0.05) is 24.5 Å². The summed E-state index contributed by atoms with van der Waals surface area (Å²) in [6, 6.07) is 7.05. The fraction of sp³-hybridized carbons (Fsp3) is 0.529. The summed E-state index contributed by atoms with van der Waals surface area (Å²) in [5.41, 5.74) is 6.60. The summed E-state index contributed by atoms with van der Waals surface area (Å²) in [4.78, 5) is 26.0. The van der Waals surface area contributed by atoms with Crippen LogP contribution in [0.5, 0.6) is 0 Å². The van der Waals surface area contributed by atoms with Crippen molar-refractivity contribution in [2.24, 2.45) is 11.7 Å². The van der Waals surface area contributed by atoms with Crippen LogP contribution >= 0.6 is 11.6 Å². The van der Waals surface area contributed by atoms with E-state index in [1.165, 1.54) is 6.92 Å². The number of nitrogens with two attached hydrogens (primary N) is 1. The van der Waals surface area contributed by atoms with Crippen LogP contribution in [0.1, 0.15) is 38.3 Å². The van der Waals surface area contributed by atoms with E-state index in [0.29, 0.717) is 24.0 Å². The number of nitrogens with one attached hydrogen (secondary N) is 1. The standard InChI is InChI=1S/C17H24ClN3O2/c1-11-7-13(9-19)10-21(11)17(23)8-16(20-12(2)22)14-3-5-15(18)6-4-14/h3-6,11,13,16H,7-10,19H2,1-2H3,(H,20,22). The van der Waals surface area contributed by atoms with E-state index in [1.54, 1.807) is 12.1 Å². The first-order valence-electron chi connectivity index (χ1n) is 7.92. The molecule has 0 spiro atoms. The van der Waals surface area contributed by atoms with Crippen LogP contribution in [-0.4, -0.2) is 35.8 Å². The Kier molecular flexibility index (Phi) is 6.02. The Bertz CT molecular complexity index is 561. The zero-order valence-electron chi connectivity index (χ0n) is 13.6. The fourth-order valence-corrected chi connectivity index (χ4v) is 3.27. The molecule has 1 heterocycles. The van der Waals surface area contributed by atoms with Crippen LogP contribution < -0.4 is 11.1 Å². The highest BCUT2D eigenvalue weighted by Crippen LogP contribution is 2.26. The maximum absolute atomic E-state index is 12.7. The van der Waals surface area contributed by atoms with Gasteiger partial charge in [-0.3, -0.25) is 9.59 Å². The van der Waals surface area contributed by atoms with Crippen molar-refractivity contribution in [2.45, 2.75) is 38.8 Å². The highest BCUT2D eigenvalue weighted by molar-refractivity contribution is 6.30. The van der Waals surface area contributed by atoms with Crippen LogP contribution in [0.25, 0.3) is 0 Å². The molecule has 0 aromatic heterocycles. The third-order valence-electron chi connectivity index (χ3n) is 4.34. The van der Waals surface area contributed by atoms with Crippen molar-refractivity contribution in [2.75, 3.05) is 13.1 Å². The molecule has 3 N–H and O–H groups in total. The lowest BCUT2D eigenvalue weighted by Crippen LogP contribution is -2.38. The van der Waals surface area contributed by atoms with Gasteiger partial charge in [-0.25, -0.2) is 0 Å². The second kappa shape index (κ2) is 7.79. The Hall–Kier alpha value is -1.59. The average Bonchev–Trinajstić information content (AvgIpc) is 2.88. The number of carbonyl (C=O) groups excluding carboxylic acids is 2. The molecule has 126 valence electrons. The van der Waals surface area contributed by atoms with Gasteiger partial charge in [0.05, 0.1) is 12.5 Å². The topological polar surface area (TPSA) is 75.4 Å². The van der Waals surface area contributed by atoms with Crippen LogP contribution in [0.4, 0.5) is 0 Å². The van der Waals surface area contributed by atoms with Crippen molar-refractivity contribution in [3.8, 4) is 0 Å². The highest BCUT2D eigenvalue weighted by atomic mass is 35.5. The Labute approximate surface area is 142 Å². The van der Waals surface area contributed by atoms with Crippen LogP contribution in [0.15, 0.2) is 24.3 Å². The first-order valence-corrected chi connectivity index (χ1v) is 8.30. The molecule has 2 amide bonds. The molecule has 2 rings (SSSR count). The second-order valence-corrected chi connectivity index (χ2v) is 6.68. The molecule has 1 aromatic rings. The average molecular weight is 338 g/mol. The lowest BCUT2D eigenvalue weighted by atomic mass is 10.0. The largest absolute Gasteiger partial charge is 0.349 e. The van der Waals surface area contributed by atoms with Crippen molar-refractivity contribution in [1.82, 2.24) is 10.2 Å². The van der Waals surface area contributed by atoms with Crippen LogP contribution in [-0.2, 0) is 9.59 Å². The molecule has 1 aromatic carbocycles. The Morgan fingerprint density at radius 2 is 2.04 bits per heavy atom. The summed E-state index contributed by atoms with van der Waals surface area (Å²) in [5, 5.41) is 3.48. The number of hydrogen-bond donors (Lipinski definition) is 2. The number of halogens is 1. The smallest absolute Gasteiger partial charge is 0.225 e. The van der Waals surface area contributed by atoms with E-state index in [-0.39, 0.29) is 30.3 Å². The molecule has 1 fully saturated rings. The lowest BCUT2D eigenvalue weighted by Gasteiger charge is -2.25. The van der Waals surface area contributed by atoms with E-state index in [2.05, 4.69) is 5.32 Å². The molecular formula is C17H24ClN3O2. The summed E-state index contributed by atoms with van der Waals surface area (Å²) in [5.74, 6) is 0.248. The van der Waals surface area contributed by atoms with Crippen LogP contribution in [0.2, 0.25) is 5.02 Å². The minimum absolute atomic E-state index is 0.0437. The second-order valence-electron chi connectivity index (χ2n) is 6.24. The van der Waals surface area contributed by atoms with E-state index in [4.69, 9.17) is 17.3 Å². The molecule has 3 unspecified atom stereocenters. The molecule has 5 nitrogen and oxygen atoms in total. The van der Waals surface area contributed by atoms with Gasteiger partial charge in [-0.15, -0.1) is 0 Å². The maximum Gasteiger partial charge on any atom is 0.225 e. The van der Waals surface area contributed by atoms with Crippen molar-refractivity contribution >= 4 is 23.4 Å². The third kappa shape index (κ3) is 4.69. The van der Waals surface area contributed by atoms with Crippen LogP contribution in [0.3, 0.4) is 0 Å². The van der Waals surface area contributed by atoms with Gasteiger partial charge in [0.2, 0.25) is 11.8 Å². The van der Waals surface area contributed by atoms with Crippen molar-refractivity contribution in [3.63, 3.8) is 0 Å². The van der Waals surface area contributed by atoms with E-state index < -0.39 is 0 Å². The van der Waals surface area contributed by atoms with Gasteiger partial charge in [-0.1, -0.05) is 23.7 Å². The SMILES string of the molecule is CC(=O)NC(CC(=O)N1CC(CN)CC1C)c1ccc(Cl)cc1. The first kappa shape index (κ1) is 17.8. The van der Waals surface area contributed by atoms with Crippen LogP contribution in [0, 0.1) is 5.92 Å². The van der Waals surface area contributed by atoms with Crippen molar-refractivity contribution in [3.05, 3.63) is 34.9 Å². The molecule has 0 saturated carbocycles. The first-order chi connectivity index (χ1) is 10.9. The third-order valence-corrected chi connectivity index (χ3v) is 4.60. The monoisotopic (exact) mass is 337 g/mol. The predicted molar refractivity (Wildman–Crippen MR) is 91.0 cm³/mol. The molecule has 6 heteroatoms. The zero-order valence-corrected chi connectivity index (χ0v) is 14.3. The Morgan fingerprint density at radius 3 is 2.57 bits per heavy atom. The normalized spacial score (nSPS) is 22.0. The van der Waals surface area contributed by atoms with E-state index in [1.807, 2.05) is 24.0 Å². The summed E-state index contributed by atoms with van der Waals surface area (Å²) in [6.45, 7) is 4.80. The van der Waals surface area contributed by atoms with Gasteiger partial charge in [-0.2, -0.15) is 0 Å². The van der Waals surface area contributed by atoms with Gasteiger partial charge in [-0.05, 0) is 43.5 Å². The minimum Gasteiger partial charge on any atom is -0.349 e. The number of benzene rings is 1. The van der Waals surface area contributed by atoms with Crippen molar-refractivity contribution < 1.29 is 9.59 Å². The minimum atomic E-state index is -0.346. The molecule has 0 aliphatic carbocycles. The summed E-state index contributed by atoms with van der Waals surface area (Å²) >= 11 is 5.91. The number of amides is 2. The Morgan fingerprint density at radius 1 is 1.39 bits per heavy atom. The molecule has 3 atom stereocenters. The quantitative estimate of drug-likeness (QED) is 0.864. The summed E-state index contributed by atoms with van der Waals surface area (Å²) < 4.78 is 0. The molecule has 23 heavy (non-hydrogen) atoms. The lowest BCUT2D eigenvalue weighted by molar-refractivity contribution is -0.132. The maximum atomic E-state index is 12.7. The molecule has 1 aliphatic heterocycles. The number of likely N-dealkylation sites (tertiary alicyclic amines) is 1. The van der Waals surface area contributed by atoms with Gasteiger partial charge < -0.3 is 16.0 Å². The van der Waals surface area contributed by atoms with Gasteiger partial charge >= 0.3 is 0 Å². The van der Waals surface area contributed by atoms with E-state index >= 15 is 0 Å².